The van der Waals surface area contributed by atoms with Crippen LogP contribution in [-0.4, -0.2) is 16.8 Å². The lowest BCUT2D eigenvalue weighted by molar-refractivity contribution is 0.569. The molecule has 0 aliphatic heterocycles. The molecule has 0 radical (unpaired) electrons. The van der Waals surface area contributed by atoms with Gasteiger partial charge in [-0.25, -0.2) is 26.4 Å². The van der Waals surface area contributed by atoms with Crippen LogP contribution in [0.3, 0.4) is 0 Å². The van der Waals surface area contributed by atoms with Crippen molar-refractivity contribution in [3.8, 4) is 0 Å². The minimum absolute atomic E-state index is 0.474. The largest absolute Gasteiger partial charge is 0.279 e. The molecule has 0 spiro atoms. The van der Waals surface area contributed by atoms with Gasteiger partial charge in [-0.1, -0.05) is 29.8 Å². The van der Waals surface area contributed by atoms with Crippen LogP contribution in [0.4, 0.5) is 10.1 Å². The fourth-order valence-corrected chi connectivity index (χ4v) is 3.64. The van der Waals surface area contributed by atoms with E-state index in [4.69, 9.17) is 16.7 Å². The molecule has 6 nitrogen and oxygen atoms in total. The number of benzene rings is 2. The molecule has 0 aliphatic carbocycles. The third-order valence-electron chi connectivity index (χ3n) is 2.81. The molecule has 0 aliphatic rings. The van der Waals surface area contributed by atoms with E-state index >= 15 is 0 Å². The Hall–Kier alpha value is -1.94. The number of halogens is 2. The summed E-state index contributed by atoms with van der Waals surface area (Å²) >= 11 is 5.73. The molecule has 128 valence electrons. The van der Waals surface area contributed by atoms with Crippen molar-refractivity contribution in [1.29, 1.82) is 0 Å². The number of primary sulfonamides is 1. The zero-order chi connectivity index (χ0) is 18.0. The second-order valence-corrected chi connectivity index (χ2v) is 8.16. The van der Waals surface area contributed by atoms with Crippen molar-refractivity contribution in [3.63, 3.8) is 0 Å². The van der Waals surface area contributed by atoms with Crippen LogP contribution in [0, 0.1) is 5.82 Å². The van der Waals surface area contributed by atoms with Gasteiger partial charge >= 0.3 is 0 Å². The second kappa shape index (κ2) is 6.89. The first-order valence-corrected chi connectivity index (χ1v) is 9.83. The van der Waals surface area contributed by atoms with E-state index in [0.717, 1.165) is 23.6 Å². The Bertz CT molecular complexity index is 988. The predicted molar refractivity (Wildman–Crippen MR) is 90.8 cm³/mol. The molecule has 2 rings (SSSR count). The van der Waals surface area contributed by atoms with E-state index in [1.807, 2.05) is 4.72 Å². The zero-order valence-electron chi connectivity index (χ0n) is 12.0. The number of anilines is 1. The van der Waals surface area contributed by atoms with Crippen molar-refractivity contribution >= 4 is 43.4 Å². The fourth-order valence-electron chi connectivity index (χ4n) is 1.81. The van der Waals surface area contributed by atoms with Crippen LogP contribution in [-0.2, 0) is 20.0 Å². The van der Waals surface area contributed by atoms with Crippen molar-refractivity contribution in [3.05, 3.63) is 64.3 Å². The lowest BCUT2D eigenvalue weighted by Crippen LogP contribution is -2.19. The first kappa shape index (κ1) is 18.4. The molecule has 2 aromatic carbocycles. The van der Waals surface area contributed by atoms with Crippen molar-refractivity contribution in [2.45, 2.75) is 4.90 Å². The summed E-state index contributed by atoms with van der Waals surface area (Å²) in [7, 11) is -8.54. The van der Waals surface area contributed by atoms with Gasteiger partial charge in [-0.15, -0.1) is 0 Å². The van der Waals surface area contributed by atoms with Crippen LogP contribution in [0.1, 0.15) is 5.56 Å². The minimum Gasteiger partial charge on any atom is -0.279 e. The molecule has 0 amide bonds. The van der Waals surface area contributed by atoms with Crippen LogP contribution >= 0.6 is 11.6 Å². The molecule has 0 atom stereocenters. The average molecular weight is 391 g/mol. The summed E-state index contributed by atoms with van der Waals surface area (Å²) in [5.74, 6) is -1.15. The maximum Gasteiger partial charge on any atom is 0.255 e. The first-order valence-electron chi connectivity index (χ1n) is 6.36. The van der Waals surface area contributed by atoms with Gasteiger partial charge in [0.05, 0.1) is 11.1 Å². The Morgan fingerprint density at radius 1 is 1.04 bits per heavy atom. The van der Waals surface area contributed by atoms with E-state index in [1.54, 1.807) is 24.3 Å². The third-order valence-corrected chi connectivity index (χ3v) is 5.05. The van der Waals surface area contributed by atoms with Gasteiger partial charge in [-0.3, -0.25) is 4.72 Å². The van der Waals surface area contributed by atoms with E-state index in [0.29, 0.717) is 10.6 Å². The number of hydrogen-bond donors (Lipinski definition) is 2. The molecular formula is C14H12ClFN2O4S2. The van der Waals surface area contributed by atoms with Crippen molar-refractivity contribution in [2.75, 3.05) is 4.72 Å². The van der Waals surface area contributed by atoms with E-state index in [9.17, 15) is 21.2 Å². The van der Waals surface area contributed by atoms with Crippen LogP contribution in [0.2, 0.25) is 5.02 Å². The maximum absolute atomic E-state index is 13.7. The summed E-state index contributed by atoms with van der Waals surface area (Å²) in [6.45, 7) is 0. The highest BCUT2D eigenvalue weighted by Gasteiger charge is 2.21. The Kier molecular flexibility index (Phi) is 5.29. The van der Waals surface area contributed by atoms with Crippen molar-refractivity contribution in [1.82, 2.24) is 0 Å². The zero-order valence-corrected chi connectivity index (χ0v) is 14.4. The Morgan fingerprint density at radius 3 is 2.25 bits per heavy atom. The SMILES string of the molecule is NS(=O)(=O)c1c(F)cccc1NS(=O)(=O)/C=C/c1ccc(Cl)cc1. The van der Waals surface area contributed by atoms with Crippen molar-refractivity contribution < 1.29 is 21.2 Å². The Balaban J connectivity index is 2.34. The van der Waals surface area contributed by atoms with E-state index in [1.165, 1.54) is 6.08 Å². The highest BCUT2D eigenvalue weighted by Crippen LogP contribution is 2.24. The van der Waals surface area contributed by atoms with Gasteiger partial charge in [0.15, 0.2) is 0 Å². The number of sulfonamides is 2. The maximum atomic E-state index is 13.7. The van der Waals surface area contributed by atoms with Gasteiger partial charge in [0.1, 0.15) is 10.7 Å². The first-order chi connectivity index (χ1) is 11.1. The topological polar surface area (TPSA) is 106 Å². The summed E-state index contributed by atoms with van der Waals surface area (Å²) in [6, 6.07) is 9.45. The summed E-state index contributed by atoms with van der Waals surface area (Å²) in [4.78, 5) is -0.923. The third kappa shape index (κ3) is 4.78. The van der Waals surface area contributed by atoms with E-state index in [2.05, 4.69) is 0 Å². The standard InChI is InChI=1S/C14H12ClFN2O4S2/c15-11-6-4-10(5-7-11)8-9-23(19,20)18-13-3-1-2-12(16)14(13)24(17,21)22/h1-9,18H,(H2,17,21,22)/b9-8+. The second-order valence-electron chi connectivity index (χ2n) is 4.66. The molecule has 0 saturated heterocycles. The van der Waals surface area contributed by atoms with Crippen LogP contribution < -0.4 is 9.86 Å². The number of hydrogen-bond acceptors (Lipinski definition) is 4. The molecule has 24 heavy (non-hydrogen) atoms. The van der Waals surface area contributed by atoms with Gasteiger partial charge in [-0.2, -0.15) is 0 Å². The summed E-state index contributed by atoms with van der Waals surface area (Å²) in [6.07, 6.45) is 1.27. The summed E-state index contributed by atoms with van der Waals surface area (Å²) in [5, 5.41) is 6.23. The van der Waals surface area contributed by atoms with Gasteiger partial charge < -0.3 is 0 Å². The van der Waals surface area contributed by atoms with Gasteiger partial charge in [-0.05, 0) is 35.9 Å². The average Bonchev–Trinajstić information content (AvgIpc) is 2.45. The van der Waals surface area contributed by atoms with Crippen molar-refractivity contribution in [2.24, 2.45) is 5.14 Å². The monoisotopic (exact) mass is 390 g/mol. The normalized spacial score (nSPS) is 12.5. The summed E-state index contributed by atoms with van der Waals surface area (Å²) < 4.78 is 62.6. The molecule has 0 aromatic heterocycles. The smallest absolute Gasteiger partial charge is 0.255 e. The Labute approximate surface area is 143 Å². The molecular weight excluding hydrogens is 379 g/mol. The number of nitrogens with one attached hydrogen (secondary N) is 1. The van der Waals surface area contributed by atoms with Crippen LogP contribution in [0.15, 0.2) is 52.8 Å². The Morgan fingerprint density at radius 2 is 1.67 bits per heavy atom. The molecule has 2 aromatic rings. The van der Waals surface area contributed by atoms with Gasteiger partial charge in [0.25, 0.3) is 10.0 Å². The molecule has 0 heterocycles. The highest BCUT2D eigenvalue weighted by molar-refractivity contribution is 7.95. The van der Waals surface area contributed by atoms with Crippen LogP contribution in [0.5, 0.6) is 0 Å². The van der Waals surface area contributed by atoms with E-state index in [-0.39, 0.29) is 0 Å². The quantitative estimate of drug-likeness (QED) is 0.818. The number of nitrogens with two attached hydrogens (primary N) is 1. The minimum atomic E-state index is -4.45. The fraction of sp³-hybridized carbons (Fsp3) is 0. The lowest BCUT2D eigenvalue weighted by Gasteiger charge is -2.10. The molecule has 10 heteroatoms. The molecule has 0 unspecified atom stereocenters. The molecule has 0 fully saturated rings. The summed E-state index contributed by atoms with van der Waals surface area (Å²) in [5.41, 5.74) is 0.0777. The van der Waals surface area contributed by atoms with E-state index < -0.39 is 36.4 Å². The molecule has 0 bridgehead atoms. The van der Waals surface area contributed by atoms with Crippen LogP contribution in [0.25, 0.3) is 6.08 Å². The van der Waals surface area contributed by atoms with Gasteiger partial charge in [0, 0.05) is 5.02 Å². The highest BCUT2D eigenvalue weighted by atomic mass is 35.5. The molecule has 0 saturated carbocycles. The van der Waals surface area contributed by atoms with Gasteiger partial charge in [0.2, 0.25) is 10.0 Å². The predicted octanol–water partition coefficient (Wildman–Crippen LogP) is 2.54. The molecule has 3 N–H and O–H groups in total. The lowest BCUT2D eigenvalue weighted by atomic mass is 10.2. The number of rotatable bonds is 5.